The summed E-state index contributed by atoms with van der Waals surface area (Å²) in [5.41, 5.74) is 1.26. The second kappa shape index (κ2) is 6.57. The first-order valence-electron chi connectivity index (χ1n) is 6.88. The van der Waals surface area contributed by atoms with Gasteiger partial charge in [0.15, 0.2) is 0 Å². The minimum Gasteiger partial charge on any atom is -0.468 e. The molecule has 0 bridgehead atoms. The van der Waals surface area contributed by atoms with Crippen molar-refractivity contribution in [3.63, 3.8) is 0 Å². The number of esters is 1. The van der Waals surface area contributed by atoms with Gasteiger partial charge in [0.05, 0.1) is 7.11 Å². The molecule has 1 atom stereocenters. The average Bonchev–Trinajstić information content (AvgIpc) is 2.49. The zero-order valence-corrected chi connectivity index (χ0v) is 11.7. The number of methoxy groups -OCH3 is 1. The molecular weight excluding hydrogens is 240 g/mol. The van der Waals surface area contributed by atoms with Gasteiger partial charge in [0.25, 0.3) is 0 Å². The van der Waals surface area contributed by atoms with Crippen LogP contribution in [0.5, 0.6) is 0 Å². The summed E-state index contributed by atoms with van der Waals surface area (Å²) in [5.74, 6) is -0.115. The quantitative estimate of drug-likeness (QED) is 0.774. The SMILES string of the molecule is CC[C@H](C(=O)OC)N1CCN(c2ccccc2)CC1. The van der Waals surface area contributed by atoms with E-state index in [9.17, 15) is 4.79 Å². The van der Waals surface area contributed by atoms with Crippen molar-refractivity contribution in [3.05, 3.63) is 30.3 Å². The molecule has 0 spiro atoms. The van der Waals surface area contributed by atoms with Gasteiger partial charge in [-0.1, -0.05) is 25.1 Å². The lowest BCUT2D eigenvalue weighted by molar-refractivity contribution is -0.147. The fraction of sp³-hybridized carbons (Fsp3) is 0.533. The van der Waals surface area contributed by atoms with Crippen molar-refractivity contribution in [2.75, 3.05) is 38.2 Å². The van der Waals surface area contributed by atoms with E-state index in [2.05, 4.69) is 34.1 Å². The molecule has 0 aliphatic carbocycles. The summed E-state index contributed by atoms with van der Waals surface area (Å²) in [4.78, 5) is 16.3. The van der Waals surface area contributed by atoms with E-state index in [0.29, 0.717) is 0 Å². The normalized spacial score (nSPS) is 18.1. The van der Waals surface area contributed by atoms with E-state index in [-0.39, 0.29) is 12.0 Å². The van der Waals surface area contributed by atoms with E-state index in [1.165, 1.54) is 12.8 Å². The van der Waals surface area contributed by atoms with Gasteiger partial charge in [0, 0.05) is 31.9 Å². The monoisotopic (exact) mass is 262 g/mol. The number of piperazine rings is 1. The van der Waals surface area contributed by atoms with Crippen molar-refractivity contribution in [3.8, 4) is 0 Å². The fourth-order valence-electron chi connectivity index (χ4n) is 2.64. The van der Waals surface area contributed by atoms with Crippen LogP contribution in [0, 0.1) is 0 Å². The fourth-order valence-corrected chi connectivity index (χ4v) is 2.64. The van der Waals surface area contributed by atoms with E-state index in [0.717, 1.165) is 32.6 Å². The molecular formula is C15H22N2O2. The molecule has 19 heavy (non-hydrogen) atoms. The van der Waals surface area contributed by atoms with Crippen LogP contribution in [0.15, 0.2) is 30.3 Å². The summed E-state index contributed by atoms with van der Waals surface area (Å²) < 4.78 is 4.87. The molecule has 1 aliphatic rings. The lowest BCUT2D eigenvalue weighted by Gasteiger charge is -2.38. The highest BCUT2D eigenvalue weighted by Crippen LogP contribution is 2.17. The first kappa shape index (κ1) is 13.9. The average molecular weight is 262 g/mol. The van der Waals surface area contributed by atoms with Crippen LogP contribution in [0.25, 0.3) is 0 Å². The Morgan fingerprint density at radius 3 is 2.37 bits per heavy atom. The van der Waals surface area contributed by atoms with Crippen molar-refractivity contribution in [1.29, 1.82) is 0 Å². The lowest BCUT2D eigenvalue weighted by Crippen LogP contribution is -2.52. The molecule has 1 fully saturated rings. The molecule has 0 aromatic heterocycles. The van der Waals surface area contributed by atoms with Crippen LogP contribution in [0.2, 0.25) is 0 Å². The number of hydrogen-bond acceptors (Lipinski definition) is 4. The van der Waals surface area contributed by atoms with E-state index in [4.69, 9.17) is 4.74 Å². The molecule has 0 amide bonds. The Kier molecular flexibility index (Phi) is 4.80. The van der Waals surface area contributed by atoms with Gasteiger partial charge < -0.3 is 9.64 Å². The Bertz CT molecular complexity index is 400. The second-order valence-electron chi connectivity index (χ2n) is 4.81. The third kappa shape index (κ3) is 3.26. The molecule has 4 nitrogen and oxygen atoms in total. The van der Waals surface area contributed by atoms with Crippen molar-refractivity contribution < 1.29 is 9.53 Å². The second-order valence-corrected chi connectivity index (χ2v) is 4.81. The molecule has 0 N–H and O–H groups in total. The van der Waals surface area contributed by atoms with Crippen LogP contribution in [0.4, 0.5) is 5.69 Å². The third-order valence-corrected chi connectivity index (χ3v) is 3.74. The highest BCUT2D eigenvalue weighted by Gasteiger charge is 2.28. The number of anilines is 1. The molecule has 1 aromatic rings. The molecule has 1 heterocycles. The van der Waals surface area contributed by atoms with Gasteiger partial charge in [-0.2, -0.15) is 0 Å². The number of benzene rings is 1. The third-order valence-electron chi connectivity index (χ3n) is 3.74. The predicted octanol–water partition coefficient (Wildman–Crippen LogP) is 1.76. The highest BCUT2D eigenvalue weighted by atomic mass is 16.5. The maximum Gasteiger partial charge on any atom is 0.323 e. The molecule has 1 aromatic carbocycles. The number of ether oxygens (including phenoxy) is 1. The van der Waals surface area contributed by atoms with Crippen LogP contribution in [-0.4, -0.2) is 50.2 Å². The van der Waals surface area contributed by atoms with Crippen LogP contribution in [0.1, 0.15) is 13.3 Å². The van der Waals surface area contributed by atoms with Crippen molar-refractivity contribution in [1.82, 2.24) is 4.90 Å². The molecule has 0 saturated carbocycles. The van der Waals surface area contributed by atoms with Crippen molar-refractivity contribution >= 4 is 11.7 Å². The summed E-state index contributed by atoms with van der Waals surface area (Å²) in [7, 11) is 1.46. The molecule has 104 valence electrons. The van der Waals surface area contributed by atoms with Gasteiger partial charge in [-0.3, -0.25) is 9.69 Å². The highest BCUT2D eigenvalue weighted by molar-refractivity contribution is 5.75. The van der Waals surface area contributed by atoms with E-state index < -0.39 is 0 Å². The summed E-state index contributed by atoms with van der Waals surface area (Å²) >= 11 is 0. The standard InChI is InChI=1S/C15H22N2O2/c1-3-14(15(18)19-2)17-11-9-16(10-12-17)13-7-5-4-6-8-13/h4-8,14H,3,9-12H2,1-2H3/t14-/m1/s1. The Balaban J connectivity index is 1.93. The van der Waals surface area contributed by atoms with Gasteiger partial charge in [-0.05, 0) is 18.6 Å². The Morgan fingerprint density at radius 1 is 1.21 bits per heavy atom. The van der Waals surface area contributed by atoms with Gasteiger partial charge in [-0.25, -0.2) is 0 Å². The van der Waals surface area contributed by atoms with Crippen LogP contribution >= 0.6 is 0 Å². The van der Waals surface area contributed by atoms with E-state index in [1.807, 2.05) is 13.0 Å². The predicted molar refractivity (Wildman–Crippen MR) is 76.3 cm³/mol. The summed E-state index contributed by atoms with van der Waals surface area (Å²) in [6, 6.07) is 10.3. The molecule has 4 heteroatoms. The number of carbonyl (C=O) groups is 1. The number of carbonyl (C=O) groups excluding carboxylic acids is 1. The van der Waals surface area contributed by atoms with Gasteiger partial charge in [-0.15, -0.1) is 0 Å². The van der Waals surface area contributed by atoms with Crippen molar-refractivity contribution in [2.24, 2.45) is 0 Å². The van der Waals surface area contributed by atoms with Gasteiger partial charge >= 0.3 is 5.97 Å². The van der Waals surface area contributed by atoms with E-state index >= 15 is 0 Å². The van der Waals surface area contributed by atoms with E-state index in [1.54, 1.807) is 0 Å². The lowest BCUT2D eigenvalue weighted by atomic mass is 10.1. The van der Waals surface area contributed by atoms with Crippen LogP contribution in [0.3, 0.4) is 0 Å². The Hall–Kier alpha value is -1.55. The Labute approximate surface area is 115 Å². The summed E-state index contributed by atoms with van der Waals surface area (Å²) in [6.45, 7) is 5.76. The van der Waals surface area contributed by atoms with Crippen molar-refractivity contribution in [2.45, 2.75) is 19.4 Å². The first-order valence-corrected chi connectivity index (χ1v) is 6.88. The van der Waals surface area contributed by atoms with Crippen LogP contribution < -0.4 is 4.90 Å². The zero-order valence-electron chi connectivity index (χ0n) is 11.7. The molecule has 2 rings (SSSR count). The minimum absolute atomic E-state index is 0.0945. The molecule has 0 unspecified atom stereocenters. The number of para-hydroxylation sites is 1. The number of rotatable bonds is 4. The molecule has 0 radical (unpaired) electrons. The zero-order chi connectivity index (χ0) is 13.7. The maximum atomic E-state index is 11.7. The minimum atomic E-state index is -0.115. The maximum absolute atomic E-state index is 11.7. The largest absolute Gasteiger partial charge is 0.468 e. The summed E-state index contributed by atoms with van der Waals surface area (Å²) in [5, 5.41) is 0. The number of nitrogens with zero attached hydrogens (tertiary/aromatic N) is 2. The summed E-state index contributed by atoms with van der Waals surface area (Å²) in [6.07, 6.45) is 0.804. The number of hydrogen-bond donors (Lipinski definition) is 0. The molecule has 1 aliphatic heterocycles. The Morgan fingerprint density at radius 2 is 1.84 bits per heavy atom. The topological polar surface area (TPSA) is 32.8 Å². The van der Waals surface area contributed by atoms with Gasteiger partial charge in [0.1, 0.15) is 6.04 Å². The van der Waals surface area contributed by atoms with Gasteiger partial charge in [0.2, 0.25) is 0 Å². The molecule has 1 saturated heterocycles. The first-order chi connectivity index (χ1) is 9.26. The van der Waals surface area contributed by atoms with Crippen LogP contribution in [-0.2, 0) is 9.53 Å². The smallest absolute Gasteiger partial charge is 0.323 e.